The maximum Gasteiger partial charge on any atom is 0.433 e. The van der Waals surface area contributed by atoms with Crippen LogP contribution < -0.4 is 15.2 Å². The van der Waals surface area contributed by atoms with E-state index in [1.807, 2.05) is 19.0 Å². The zero-order valence-electron chi connectivity index (χ0n) is 19.2. The van der Waals surface area contributed by atoms with Gasteiger partial charge in [0.25, 0.3) is 5.56 Å². The SMILES string of the molecule is COc1cc(N(C)C)cc2oc(-c3c(C)nc4c(-c5ccccc5)c(C(F)(F)F)[nH]n4c3=O)nc12. The lowest BCUT2D eigenvalue weighted by atomic mass is 10.1. The van der Waals surface area contributed by atoms with Crippen LogP contribution in [0, 0.1) is 6.92 Å². The summed E-state index contributed by atoms with van der Waals surface area (Å²) >= 11 is 0. The Morgan fingerprint density at radius 1 is 1.09 bits per heavy atom. The molecule has 0 fully saturated rings. The van der Waals surface area contributed by atoms with Gasteiger partial charge in [0.1, 0.15) is 11.3 Å². The van der Waals surface area contributed by atoms with Crippen LogP contribution in [0.1, 0.15) is 11.4 Å². The molecule has 5 rings (SSSR count). The van der Waals surface area contributed by atoms with E-state index >= 15 is 0 Å². The van der Waals surface area contributed by atoms with E-state index in [-0.39, 0.29) is 33.9 Å². The number of alkyl halides is 3. The number of halogens is 3. The zero-order valence-corrected chi connectivity index (χ0v) is 19.2. The van der Waals surface area contributed by atoms with Crippen LogP contribution in [0.15, 0.2) is 51.7 Å². The highest BCUT2D eigenvalue weighted by molar-refractivity contribution is 5.87. The van der Waals surface area contributed by atoms with Crippen LogP contribution in [-0.4, -0.2) is 40.8 Å². The first-order valence-corrected chi connectivity index (χ1v) is 10.5. The van der Waals surface area contributed by atoms with Crippen molar-refractivity contribution in [2.24, 2.45) is 0 Å². The Kier molecular flexibility index (Phi) is 5.08. The Labute approximate surface area is 196 Å². The minimum atomic E-state index is -4.74. The largest absolute Gasteiger partial charge is 0.494 e. The maximum atomic E-state index is 13.9. The van der Waals surface area contributed by atoms with Crippen molar-refractivity contribution >= 4 is 22.4 Å². The van der Waals surface area contributed by atoms with E-state index in [0.717, 1.165) is 10.2 Å². The van der Waals surface area contributed by atoms with Crippen molar-refractivity contribution in [1.29, 1.82) is 0 Å². The van der Waals surface area contributed by atoms with Crippen LogP contribution >= 0.6 is 0 Å². The number of aryl methyl sites for hydroxylation is 1. The van der Waals surface area contributed by atoms with E-state index in [4.69, 9.17) is 9.15 Å². The summed E-state index contributed by atoms with van der Waals surface area (Å²) in [5.74, 6) is 0.363. The molecule has 180 valence electrons. The van der Waals surface area contributed by atoms with Crippen LogP contribution in [0.5, 0.6) is 5.75 Å². The van der Waals surface area contributed by atoms with Crippen molar-refractivity contribution in [3.05, 3.63) is 64.2 Å². The lowest BCUT2D eigenvalue weighted by molar-refractivity contribution is -0.140. The Bertz CT molecular complexity index is 1630. The number of aromatic nitrogens is 4. The second kappa shape index (κ2) is 7.90. The fourth-order valence-electron chi connectivity index (χ4n) is 4.01. The quantitative estimate of drug-likeness (QED) is 0.391. The highest BCUT2D eigenvalue weighted by atomic mass is 19.4. The number of benzene rings is 2. The van der Waals surface area contributed by atoms with Crippen molar-refractivity contribution in [3.63, 3.8) is 0 Å². The average Bonchev–Trinajstić information content (AvgIpc) is 3.40. The molecule has 0 radical (unpaired) electrons. The molecule has 0 saturated heterocycles. The highest BCUT2D eigenvalue weighted by Crippen LogP contribution is 2.39. The van der Waals surface area contributed by atoms with E-state index in [2.05, 4.69) is 15.1 Å². The predicted molar refractivity (Wildman–Crippen MR) is 125 cm³/mol. The van der Waals surface area contributed by atoms with E-state index in [1.165, 1.54) is 26.2 Å². The summed E-state index contributed by atoms with van der Waals surface area (Å²) in [5, 5.41) is 2.20. The first-order chi connectivity index (χ1) is 16.6. The van der Waals surface area contributed by atoms with E-state index in [0.29, 0.717) is 16.8 Å². The third kappa shape index (κ3) is 3.59. The normalized spacial score (nSPS) is 12.0. The van der Waals surface area contributed by atoms with Crippen molar-refractivity contribution < 1.29 is 22.3 Å². The molecule has 0 bridgehead atoms. The number of H-pyrrole nitrogens is 1. The number of methoxy groups -OCH3 is 1. The van der Waals surface area contributed by atoms with Gasteiger partial charge in [0.15, 0.2) is 22.5 Å². The van der Waals surface area contributed by atoms with Crippen molar-refractivity contribution in [2.45, 2.75) is 13.1 Å². The molecule has 0 aliphatic carbocycles. The number of oxazole rings is 1. The molecule has 0 amide bonds. The number of hydrogen-bond acceptors (Lipinski definition) is 6. The summed E-state index contributed by atoms with van der Waals surface area (Å²) in [7, 11) is 5.18. The fourth-order valence-corrected chi connectivity index (χ4v) is 4.01. The fraction of sp³-hybridized carbons (Fsp3) is 0.208. The number of nitrogens with one attached hydrogen (secondary N) is 1. The van der Waals surface area contributed by atoms with Gasteiger partial charge in [-0.25, -0.2) is 9.97 Å². The molecule has 0 aliphatic rings. The summed E-state index contributed by atoms with van der Waals surface area (Å²) in [6, 6.07) is 11.5. The minimum absolute atomic E-state index is 0.0539. The number of nitrogens with zero attached hydrogens (tertiary/aromatic N) is 4. The third-order valence-corrected chi connectivity index (χ3v) is 5.70. The zero-order chi connectivity index (χ0) is 25.1. The molecule has 3 heterocycles. The second-order valence-corrected chi connectivity index (χ2v) is 8.17. The predicted octanol–water partition coefficient (Wildman–Crippen LogP) is 4.90. The van der Waals surface area contributed by atoms with E-state index in [1.54, 1.807) is 30.3 Å². The summed E-state index contributed by atoms with van der Waals surface area (Å²) in [6.45, 7) is 1.53. The van der Waals surface area contributed by atoms with Gasteiger partial charge >= 0.3 is 6.18 Å². The summed E-state index contributed by atoms with van der Waals surface area (Å²) < 4.78 is 53.9. The van der Waals surface area contributed by atoms with Crippen LogP contribution in [0.4, 0.5) is 18.9 Å². The minimum Gasteiger partial charge on any atom is -0.494 e. The number of fused-ring (bicyclic) bond motifs is 2. The van der Waals surface area contributed by atoms with Gasteiger partial charge in [-0.05, 0) is 12.5 Å². The van der Waals surface area contributed by atoms with Crippen LogP contribution in [0.3, 0.4) is 0 Å². The molecule has 8 nitrogen and oxygen atoms in total. The van der Waals surface area contributed by atoms with E-state index < -0.39 is 17.4 Å². The van der Waals surface area contributed by atoms with Gasteiger partial charge in [0, 0.05) is 31.9 Å². The molecule has 0 saturated carbocycles. The molecule has 11 heteroatoms. The third-order valence-electron chi connectivity index (χ3n) is 5.70. The Morgan fingerprint density at radius 3 is 2.43 bits per heavy atom. The second-order valence-electron chi connectivity index (χ2n) is 8.17. The molecule has 2 aromatic carbocycles. The van der Waals surface area contributed by atoms with Gasteiger partial charge in [-0.15, -0.1) is 0 Å². The van der Waals surface area contributed by atoms with E-state index in [9.17, 15) is 18.0 Å². The Hall–Kier alpha value is -4.28. The van der Waals surface area contributed by atoms with Crippen LogP contribution in [0.2, 0.25) is 0 Å². The summed E-state index contributed by atoms with van der Waals surface area (Å²) in [6.07, 6.45) is -4.74. The molecular weight excluding hydrogens is 463 g/mol. The monoisotopic (exact) mass is 483 g/mol. The topological polar surface area (TPSA) is 88.7 Å². The Morgan fingerprint density at radius 2 is 1.80 bits per heavy atom. The first-order valence-electron chi connectivity index (χ1n) is 10.5. The van der Waals surface area contributed by atoms with Crippen molar-refractivity contribution in [1.82, 2.24) is 19.6 Å². The number of ether oxygens (including phenoxy) is 1. The van der Waals surface area contributed by atoms with Crippen molar-refractivity contribution in [3.8, 4) is 28.3 Å². The molecule has 1 N–H and O–H groups in total. The standard InChI is InChI=1S/C24H20F3N5O3/c1-12-17(22-29-19-15(34-4)10-14(31(2)3)11-16(19)35-22)23(33)32-21(28-12)18(13-8-6-5-7-9-13)20(30-32)24(25,26)27/h5-11,30H,1-4H3. The lowest BCUT2D eigenvalue weighted by Crippen LogP contribution is -2.19. The molecule has 0 aliphatic heterocycles. The van der Waals surface area contributed by atoms with Gasteiger partial charge in [0.05, 0.1) is 18.4 Å². The van der Waals surface area contributed by atoms with Gasteiger partial charge in [-0.1, -0.05) is 30.3 Å². The van der Waals surface area contributed by atoms with Gasteiger partial charge < -0.3 is 14.1 Å². The summed E-state index contributed by atoms with van der Waals surface area (Å²) in [4.78, 5) is 24.1. The number of anilines is 1. The molecule has 0 atom stereocenters. The maximum absolute atomic E-state index is 13.9. The smallest absolute Gasteiger partial charge is 0.433 e. The first kappa shape index (κ1) is 22.5. The Balaban J connectivity index is 1.80. The molecule has 35 heavy (non-hydrogen) atoms. The van der Waals surface area contributed by atoms with Gasteiger partial charge in [-0.2, -0.15) is 17.7 Å². The highest BCUT2D eigenvalue weighted by Gasteiger charge is 2.38. The van der Waals surface area contributed by atoms with Crippen LogP contribution in [-0.2, 0) is 6.18 Å². The summed E-state index contributed by atoms with van der Waals surface area (Å²) in [5.41, 5.74) is -0.258. The van der Waals surface area contributed by atoms with Crippen molar-refractivity contribution in [2.75, 3.05) is 26.1 Å². The molecule has 5 aromatic rings. The molecular formula is C24H20F3N5O3. The number of rotatable bonds is 4. The molecule has 0 spiro atoms. The molecule has 0 unspecified atom stereocenters. The number of hydrogen-bond donors (Lipinski definition) is 1. The molecule has 3 aromatic heterocycles. The van der Waals surface area contributed by atoms with Crippen LogP contribution in [0.25, 0.3) is 39.3 Å². The van der Waals surface area contributed by atoms with Gasteiger partial charge in [0.2, 0.25) is 5.89 Å². The lowest BCUT2D eigenvalue weighted by Gasteiger charge is -2.13. The van der Waals surface area contributed by atoms with Gasteiger partial charge in [-0.3, -0.25) is 9.89 Å². The number of aromatic amines is 1. The average molecular weight is 483 g/mol.